The first-order chi connectivity index (χ1) is 11.9. The smallest absolute Gasteiger partial charge is 0.262 e. The van der Waals surface area contributed by atoms with Crippen molar-refractivity contribution in [2.45, 2.75) is 18.7 Å². The van der Waals surface area contributed by atoms with Crippen molar-refractivity contribution in [2.75, 3.05) is 11.3 Å². The van der Waals surface area contributed by atoms with Gasteiger partial charge in [0.15, 0.2) is 0 Å². The minimum atomic E-state index is -3.88. The fourth-order valence-corrected chi connectivity index (χ4v) is 4.00. The second kappa shape index (κ2) is 6.72. The molecule has 0 saturated heterocycles. The lowest BCUT2D eigenvalue weighted by Crippen LogP contribution is -2.14. The van der Waals surface area contributed by atoms with Gasteiger partial charge < -0.3 is 4.74 Å². The number of anilines is 1. The molecule has 3 aromatic rings. The van der Waals surface area contributed by atoms with Crippen LogP contribution in [-0.2, 0) is 10.0 Å². The molecule has 6 heteroatoms. The molecule has 0 aliphatic carbocycles. The molecule has 3 aromatic carbocycles. The highest BCUT2D eigenvalue weighted by atomic mass is 32.2. The first-order valence-electron chi connectivity index (χ1n) is 7.86. The molecule has 0 atom stereocenters. The van der Waals surface area contributed by atoms with E-state index in [4.69, 9.17) is 4.74 Å². The minimum absolute atomic E-state index is 0.121. The third-order valence-electron chi connectivity index (χ3n) is 3.88. The molecule has 0 spiro atoms. The van der Waals surface area contributed by atoms with Crippen molar-refractivity contribution >= 4 is 26.5 Å². The molecule has 0 saturated carbocycles. The van der Waals surface area contributed by atoms with Crippen LogP contribution in [0.1, 0.15) is 12.5 Å². The summed E-state index contributed by atoms with van der Waals surface area (Å²) >= 11 is 0. The standard InChI is InChI=1S/C19H18FNO3S/c1-3-24-18-10-11-19(16-7-5-4-6-15(16)18)25(22,23)21-17-12-14(20)9-8-13(17)2/h4-12,21H,3H2,1-2H3. The Balaban J connectivity index is 2.12. The van der Waals surface area contributed by atoms with Gasteiger partial charge >= 0.3 is 0 Å². The van der Waals surface area contributed by atoms with Gasteiger partial charge in [-0.15, -0.1) is 0 Å². The van der Waals surface area contributed by atoms with Gasteiger partial charge in [-0.05, 0) is 43.7 Å². The normalized spacial score (nSPS) is 11.5. The number of hydrogen-bond acceptors (Lipinski definition) is 3. The van der Waals surface area contributed by atoms with E-state index in [1.165, 1.54) is 24.3 Å². The molecule has 0 fully saturated rings. The SMILES string of the molecule is CCOc1ccc(S(=O)(=O)Nc2cc(F)ccc2C)c2ccccc12. The molecule has 1 N–H and O–H groups in total. The number of hydrogen-bond donors (Lipinski definition) is 1. The monoisotopic (exact) mass is 359 g/mol. The second-order valence-electron chi connectivity index (χ2n) is 5.61. The maximum Gasteiger partial charge on any atom is 0.262 e. The zero-order valence-electron chi connectivity index (χ0n) is 13.9. The summed E-state index contributed by atoms with van der Waals surface area (Å²) in [6.45, 7) is 4.07. The lowest BCUT2D eigenvalue weighted by molar-refractivity contribution is 0.344. The first kappa shape index (κ1) is 17.2. The van der Waals surface area contributed by atoms with Gasteiger partial charge in [-0.25, -0.2) is 12.8 Å². The number of ether oxygens (including phenoxy) is 1. The molecule has 0 unspecified atom stereocenters. The summed E-state index contributed by atoms with van der Waals surface area (Å²) in [7, 11) is -3.88. The Hall–Kier alpha value is -2.60. The van der Waals surface area contributed by atoms with Crippen molar-refractivity contribution in [1.29, 1.82) is 0 Å². The molecule has 0 aliphatic heterocycles. The third kappa shape index (κ3) is 3.44. The number of benzene rings is 3. The van der Waals surface area contributed by atoms with E-state index in [9.17, 15) is 12.8 Å². The van der Waals surface area contributed by atoms with Crippen molar-refractivity contribution in [3.05, 3.63) is 66.0 Å². The molecular weight excluding hydrogens is 341 g/mol. The van der Waals surface area contributed by atoms with E-state index < -0.39 is 15.8 Å². The van der Waals surface area contributed by atoms with E-state index in [0.29, 0.717) is 28.7 Å². The van der Waals surface area contributed by atoms with Crippen LogP contribution in [-0.4, -0.2) is 15.0 Å². The highest BCUT2D eigenvalue weighted by Crippen LogP contribution is 2.32. The first-order valence-corrected chi connectivity index (χ1v) is 9.34. The van der Waals surface area contributed by atoms with E-state index in [-0.39, 0.29) is 10.6 Å². The zero-order chi connectivity index (χ0) is 18.0. The summed E-state index contributed by atoms with van der Waals surface area (Å²) in [5, 5.41) is 1.26. The average Bonchev–Trinajstić information content (AvgIpc) is 2.58. The Morgan fingerprint density at radius 1 is 1.04 bits per heavy atom. The van der Waals surface area contributed by atoms with Crippen LogP contribution in [0.15, 0.2) is 59.5 Å². The van der Waals surface area contributed by atoms with Crippen molar-refractivity contribution in [3.63, 3.8) is 0 Å². The fourth-order valence-electron chi connectivity index (χ4n) is 2.66. The van der Waals surface area contributed by atoms with Gasteiger partial charge in [0.05, 0.1) is 17.2 Å². The van der Waals surface area contributed by atoms with Crippen LogP contribution in [0.25, 0.3) is 10.8 Å². The molecule has 25 heavy (non-hydrogen) atoms. The van der Waals surface area contributed by atoms with Gasteiger partial charge in [0.1, 0.15) is 11.6 Å². The van der Waals surface area contributed by atoms with Gasteiger partial charge in [0.25, 0.3) is 10.0 Å². The second-order valence-corrected chi connectivity index (χ2v) is 7.26. The van der Waals surface area contributed by atoms with Crippen LogP contribution < -0.4 is 9.46 Å². The highest BCUT2D eigenvalue weighted by Gasteiger charge is 2.20. The lowest BCUT2D eigenvalue weighted by atomic mass is 10.1. The minimum Gasteiger partial charge on any atom is -0.493 e. The predicted octanol–water partition coefficient (Wildman–Crippen LogP) is 4.49. The molecule has 0 bridgehead atoms. The molecular formula is C19H18FNO3S. The number of aryl methyl sites for hydroxylation is 1. The van der Waals surface area contributed by atoms with Gasteiger partial charge in [-0.1, -0.05) is 30.3 Å². The Morgan fingerprint density at radius 3 is 2.48 bits per heavy atom. The average molecular weight is 359 g/mol. The van der Waals surface area contributed by atoms with Crippen LogP contribution in [0.5, 0.6) is 5.75 Å². The van der Waals surface area contributed by atoms with Gasteiger partial charge in [0.2, 0.25) is 0 Å². The van der Waals surface area contributed by atoms with Crippen LogP contribution >= 0.6 is 0 Å². The van der Waals surface area contributed by atoms with E-state index in [2.05, 4.69) is 4.72 Å². The quantitative estimate of drug-likeness (QED) is 0.730. The van der Waals surface area contributed by atoms with E-state index >= 15 is 0 Å². The Kier molecular flexibility index (Phi) is 4.63. The van der Waals surface area contributed by atoms with Crippen LogP contribution in [0.4, 0.5) is 10.1 Å². The summed E-state index contributed by atoms with van der Waals surface area (Å²) in [6.07, 6.45) is 0. The third-order valence-corrected chi connectivity index (χ3v) is 5.30. The predicted molar refractivity (Wildman–Crippen MR) is 97.1 cm³/mol. The maximum absolute atomic E-state index is 13.5. The number of rotatable bonds is 5. The summed E-state index contributed by atoms with van der Waals surface area (Å²) in [5.74, 6) is 0.124. The van der Waals surface area contributed by atoms with E-state index in [1.54, 1.807) is 25.1 Å². The van der Waals surface area contributed by atoms with Gasteiger partial charge in [-0.2, -0.15) is 0 Å². The largest absolute Gasteiger partial charge is 0.493 e. The van der Waals surface area contributed by atoms with E-state index in [1.807, 2.05) is 19.1 Å². The Bertz CT molecular complexity index is 1030. The number of halogens is 1. The van der Waals surface area contributed by atoms with Crippen LogP contribution in [0.3, 0.4) is 0 Å². The van der Waals surface area contributed by atoms with Crippen molar-refractivity contribution < 1.29 is 17.5 Å². The number of sulfonamides is 1. The Morgan fingerprint density at radius 2 is 1.76 bits per heavy atom. The molecule has 4 nitrogen and oxygen atoms in total. The zero-order valence-corrected chi connectivity index (χ0v) is 14.7. The molecule has 130 valence electrons. The lowest BCUT2D eigenvalue weighted by Gasteiger charge is -2.14. The van der Waals surface area contributed by atoms with Crippen molar-refractivity contribution in [2.24, 2.45) is 0 Å². The van der Waals surface area contributed by atoms with Crippen LogP contribution in [0.2, 0.25) is 0 Å². The van der Waals surface area contributed by atoms with E-state index in [0.717, 1.165) is 0 Å². The maximum atomic E-state index is 13.5. The highest BCUT2D eigenvalue weighted by molar-refractivity contribution is 7.93. The summed E-state index contributed by atoms with van der Waals surface area (Å²) < 4.78 is 47.3. The Labute approximate surface area is 146 Å². The summed E-state index contributed by atoms with van der Waals surface area (Å²) in [6, 6.07) is 14.3. The molecule has 0 aromatic heterocycles. The molecule has 0 amide bonds. The fraction of sp³-hybridized carbons (Fsp3) is 0.158. The molecule has 0 aliphatic rings. The number of fused-ring (bicyclic) bond motifs is 1. The van der Waals surface area contributed by atoms with Crippen LogP contribution in [0, 0.1) is 12.7 Å². The van der Waals surface area contributed by atoms with Crippen molar-refractivity contribution in [1.82, 2.24) is 0 Å². The molecule has 0 heterocycles. The molecule has 3 rings (SSSR count). The number of nitrogens with one attached hydrogen (secondary N) is 1. The molecule has 0 radical (unpaired) electrons. The topological polar surface area (TPSA) is 55.4 Å². The summed E-state index contributed by atoms with van der Waals surface area (Å²) in [5.41, 5.74) is 0.859. The van der Waals surface area contributed by atoms with Gasteiger partial charge in [-0.3, -0.25) is 4.72 Å². The summed E-state index contributed by atoms with van der Waals surface area (Å²) in [4.78, 5) is 0.121. The van der Waals surface area contributed by atoms with Gasteiger partial charge in [0, 0.05) is 10.8 Å². The van der Waals surface area contributed by atoms with Crippen molar-refractivity contribution in [3.8, 4) is 5.75 Å².